The molecule has 0 aliphatic rings. The highest BCUT2D eigenvalue weighted by atomic mass is 35.5. The number of halogens is 1. The molecule has 0 heterocycles. The molecule has 0 aliphatic carbocycles. The Balaban J connectivity index is 2.85. The average molecular weight is 239 g/mol. The SMILES string of the molecule is Cc1cc(/C=C/C(=O)O)cc(CCCCl)c1. The van der Waals surface area contributed by atoms with Gasteiger partial charge in [0.15, 0.2) is 0 Å². The van der Waals surface area contributed by atoms with Crippen LogP contribution in [0, 0.1) is 6.92 Å². The first-order valence-electron chi connectivity index (χ1n) is 5.19. The van der Waals surface area contributed by atoms with Crippen LogP contribution in [0.15, 0.2) is 24.3 Å². The van der Waals surface area contributed by atoms with Crippen LogP contribution in [0.25, 0.3) is 6.08 Å². The van der Waals surface area contributed by atoms with E-state index < -0.39 is 5.97 Å². The van der Waals surface area contributed by atoms with Gasteiger partial charge in [-0.15, -0.1) is 11.6 Å². The van der Waals surface area contributed by atoms with Crippen molar-refractivity contribution >= 4 is 23.6 Å². The molecule has 3 heteroatoms. The molecule has 2 nitrogen and oxygen atoms in total. The third-order valence-corrected chi connectivity index (χ3v) is 2.44. The van der Waals surface area contributed by atoms with Crippen molar-refractivity contribution in [2.24, 2.45) is 0 Å². The van der Waals surface area contributed by atoms with Crippen LogP contribution >= 0.6 is 11.6 Å². The minimum absolute atomic E-state index is 0.647. The van der Waals surface area contributed by atoms with Gasteiger partial charge in [0, 0.05) is 12.0 Å². The number of carboxylic acids is 1. The second-order valence-electron chi connectivity index (χ2n) is 3.72. The summed E-state index contributed by atoms with van der Waals surface area (Å²) in [5, 5.41) is 8.55. The van der Waals surface area contributed by atoms with E-state index in [1.165, 1.54) is 5.56 Å². The smallest absolute Gasteiger partial charge is 0.328 e. The van der Waals surface area contributed by atoms with Gasteiger partial charge >= 0.3 is 5.97 Å². The molecule has 0 spiro atoms. The van der Waals surface area contributed by atoms with E-state index in [0.717, 1.165) is 30.0 Å². The van der Waals surface area contributed by atoms with Crippen molar-refractivity contribution in [2.75, 3.05) is 5.88 Å². The maximum absolute atomic E-state index is 10.4. The summed E-state index contributed by atoms with van der Waals surface area (Å²) in [6.07, 6.45) is 4.63. The molecule has 0 amide bonds. The number of alkyl halides is 1. The fourth-order valence-electron chi connectivity index (χ4n) is 1.57. The Hall–Kier alpha value is -1.28. The first-order chi connectivity index (χ1) is 7.61. The van der Waals surface area contributed by atoms with E-state index in [4.69, 9.17) is 16.7 Å². The molecule has 0 radical (unpaired) electrons. The van der Waals surface area contributed by atoms with E-state index in [0.29, 0.717) is 5.88 Å². The van der Waals surface area contributed by atoms with E-state index in [-0.39, 0.29) is 0 Å². The standard InChI is InChI=1S/C13H15ClO2/c1-10-7-11(3-2-6-14)9-12(8-10)4-5-13(15)16/h4-5,7-9H,2-3,6H2,1H3,(H,15,16)/b5-4+. The Morgan fingerprint density at radius 3 is 2.81 bits per heavy atom. The minimum Gasteiger partial charge on any atom is -0.478 e. The monoisotopic (exact) mass is 238 g/mol. The molecule has 0 atom stereocenters. The summed E-state index contributed by atoms with van der Waals surface area (Å²) in [6, 6.07) is 6.06. The van der Waals surface area contributed by atoms with Crippen LogP contribution < -0.4 is 0 Å². The quantitative estimate of drug-likeness (QED) is 0.632. The molecule has 0 aromatic heterocycles. The van der Waals surface area contributed by atoms with Gasteiger partial charge in [0.25, 0.3) is 0 Å². The zero-order valence-electron chi connectivity index (χ0n) is 9.24. The Labute approximate surface area is 101 Å². The molecule has 1 aromatic carbocycles. The number of rotatable bonds is 5. The van der Waals surface area contributed by atoms with Crippen molar-refractivity contribution in [3.63, 3.8) is 0 Å². The van der Waals surface area contributed by atoms with Gasteiger partial charge in [-0.2, -0.15) is 0 Å². The zero-order chi connectivity index (χ0) is 12.0. The van der Waals surface area contributed by atoms with Crippen LogP contribution in [0.3, 0.4) is 0 Å². The van der Waals surface area contributed by atoms with Crippen LogP contribution in [0.5, 0.6) is 0 Å². The highest BCUT2D eigenvalue weighted by molar-refractivity contribution is 6.17. The summed E-state index contributed by atoms with van der Waals surface area (Å²) in [5.41, 5.74) is 3.26. The Kier molecular flexibility index (Phi) is 5.06. The van der Waals surface area contributed by atoms with E-state index in [1.54, 1.807) is 6.08 Å². The molecule has 0 saturated heterocycles. The van der Waals surface area contributed by atoms with E-state index >= 15 is 0 Å². The van der Waals surface area contributed by atoms with Crippen LogP contribution in [-0.4, -0.2) is 17.0 Å². The average Bonchev–Trinajstić information content (AvgIpc) is 2.23. The predicted molar refractivity (Wildman–Crippen MR) is 66.9 cm³/mol. The van der Waals surface area contributed by atoms with E-state index in [9.17, 15) is 4.79 Å². The summed E-state index contributed by atoms with van der Waals surface area (Å²) in [7, 11) is 0. The van der Waals surface area contributed by atoms with Crippen LogP contribution in [-0.2, 0) is 11.2 Å². The van der Waals surface area contributed by atoms with Gasteiger partial charge in [0.1, 0.15) is 0 Å². The lowest BCUT2D eigenvalue weighted by molar-refractivity contribution is -0.131. The lowest BCUT2D eigenvalue weighted by Gasteiger charge is -2.03. The molecule has 16 heavy (non-hydrogen) atoms. The van der Waals surface area contributed by atoms with E-state index in [2.05, 4.69) is 6.07 Å². The molecule has 1 N–H and O–H groups in total. The van der Waals surface area contributed by atoms with Gasteiger partial charge in [0.05, 0.1) is 0 Å². The number of hydrogen-bond donors (Lipinski definition) is 1. The van der Waals surface area contributed by atoms with Crippen LogP contribution in [0.2, 0.25) is 0 Å². The van der Waals surface area contributed by atoms with Gasteiger partial charge in [-0.05, 0) is 37.0 Å². The maximum atomic E-state index is 10.4. The number of hydrogen-bond acceptors (Lipinski definition) is 1. The van der Waals surface area contributed by atoms with Gasteiger partial charge in [-0.3, -0.25) is 0 Å². The highest BCUT2D eigenvalue weighted by Gasteiger charge is 1.97. The molecule has 0 bridgehead atoms. The molecule has 0 unspecified atom stereocenters. The molecule has 0 aliphatic heterocycles. The van der Waals surface area contributed by atoms with Gasteiger partial charge < -0.3 is 5.11 Å². The van der Waals surface area contributed by atoms with Crippen molar-refractivity contribution in [2.45, 2.75) is 19.8 Å². The van der Waals surface area contributed by atoms with Crippen LogP contribution in [0.4, 0.5) is 0 Å². The van der Waals surface area contributed by atoms with Crippen molar-refractivity contribution in [3.05, 3.63) is 41.0 Å². The number of carboxylic acid groups (broad SMARTS) is 1. The molecule has 86 valence electrons. The van der Waals surface area contributed by atoms with Gasteiger partial charge in [-0.25, -0.2) is 4.79 Å². The van der Waals surface area contributed by atoms with Crippen molar-refractivity contribution in [1.82, 2.24) is 0 Å². The Morgan fingerprint density at radius 2 is 2.19 bits per heavy atom. The number of benzene rings is 1. The first kappa shape index (κ1) is 12.8. The third-order valence-electron chi connectivity index (χ3n) is 2.18. The number of carbonyl (C=O) groups is 1. The summed E-state index contributed by atoms with van der Waals surface area (Å²) in [4.78, 5) is 10.4. The summed E-state index contributed by atoms with van der Waals surface area (Å²) in [5.74, 6) is -0.280. The fourth-order valence-corrected chi connectivity index (χ4v) is 1.71. The Bertz CT molecular complexity index is 397. The van der Waals surface area contributed by atoms with Gasteiger partial charge in [0.2, 0.25) is 0 Å². The molecular formula is C13H15ClO2. The molecule has 0 fully saturated rings. The summed E-state index contributed by atoms with van der Waals surface area (Å²) >= 11 is 5.64. The lowest BCUT2D eigenvalue weighted by Crippen LogP contribution is -1.90. The van der Waals surface area contributed by atoms with Crippen molar-refractivity contribution in [1.29, 1.82) is 0 Å². The van der Waals surface area contributed by atoms with Crippen molar-refractivity contribution in [3.8, 4) is 0 Å². The second kappa shape index (κ2) is 6.33. The zero-order valence-corrected chi connectivity index (χ0v) is 10.00. The predicted octanol–water partition coefficient (Wildman–Crippen LogP) is 3.26. The normalized spacial score (nSPS) is 10.9. The number of aliphatic carboxylic acids is 1. The van der Waals surface area contributed by atoms with Gasteiger partial charge in [-0.1, -0.05) is 23.8 Å². The van der Waals surface area contributed by atoms with Crippen molar-refractivity contribution < 1.29 is 9.90 Å². The maximum Gasteiger partial charge on any atom is 0.328 e. The second-order valence-corrected chi connectivity index (χ2v) is 4.09. The molecule has 1 aromatic rings. The summed E-state index contributed by atoms with van der Waals surface area (Å²) < 4.78 is 0. The minimum atomic E-state index is -0.927. The van der Waals surface area contributed by atoms with E-state index in [1.807, 2.05) is 19.1 Å². The Morgan fingerprint density at radius 1 is 1.44 bits per heavy atom. The molecule has 1 rings (SSSR count). The third kappa shape index (κ3) is 4.49. The topological polar surface area (TPSA) is 37.3 Å². The largest absolute Gasteiger partial charge is 0.478 e. The number of aryl methyl sites for hydroxylation is 2. The molecular weight excluding hydrogens is 224 g/mol. The fraction of sp³-hybridized carbons (Fsp3) is 0.308. The lowest BCUT2D eigenvalue weighted by atomic mass is 10.0. The highest BCUT2D eigenvalue weighted by Crippen LogP contribution is 2.13. The summed E-state index contributed by atoms with van der Waals surface area (Å²) in [6.45, 7) is 2.00. The van der Waals surface area contributed by atoms with Crippen LogP contribution in [0.1, 0.15) is 23.1 Å². The first-order valence-corrected chi connectivity index (χ1v) is 5.73. The molecule has 0 saturated carbocycles.